The summed E-state index contributed by atoms with van der Waals surface area (Å²) in [6.07, 6.45) is 1.28. The number of hydrogen-bond acceptors (Lipinski definition) is 3. The first-order chi connectivity index (χ1) is 6.24. The van der Waals surface area contributed by atoms with Gasteiger partial charge in [-0.25, -0.2) is 0 Å². The number of nitrogens with two attached hydrogens (primary N) is 1. The summed E-state index contributed by atoms with van der Waals surface area (Å²) in [5.74, 6) is 0. The third-order valence-electron chi connectivity index (χ3n) is 0.808. The zero-order valence-electron chi connectivity index (χ0n) is 9.14. The second kappa shape index (κ2) is 29.3. The fourth-order valence-corrected chi connectivity index (χ4v) is 2.71. The van der Waals surface area contributed by atoms with Crippen molar-refractivity contribution in [3.05, 3.63) is 0 Å². The summed E-state index contributed by atoms with van der Waals surface area (Å²) in [5, 5.41) is 17.9. The van der Waals surface area contributed by atoms with Gasteiger partial charge in [-0.3, -0.25) is 0 Å². The molecule has 4 heteroatoms. The van der Waals surface area contributed by atoms with Crippen molar-refractivity contribution in [1.29, 1.82) is 0 Å². The van der Waals surface area contributed by atoms with Crippen LogP contribution in [0.25, 0.3) is 0 Å². The molecule has 0 aliphatic carbocycles. The van der Waals surface area contributed by atoms with E-state index in [4.69, 9.17) is 15.9 Å². The second-order valence-corrected chi connectivity index (χ2v) is 6.95. The molecule has 0 amide bonds. The molecule has 0 aromatic rings. The molecule has 0 aromatic heterocycles. The van der Waals surface area contributed by atoms with Crippen LogP contribution in [-0.4, -0.2) is 40.9 Å². The first kappa shape index (κ1) is 19.3. The Bertz CT molecular complexity index is 50.9. The predicted molar refractivity (Wildman–Crippen MR) is 55.8 cm³/mol. The van der Waals surface area contributed by atoms with Gasteiger partial charge in [0.15, 0.2) is 0 Å². The van der Waals surface area contributed by atoms with Gasteiger partial charge in [-0.05, 0) is 0 Å². The molecule has 0 radical (unpaired) electrons. The molecular weight excluding hydrogens is 273 g/mol. The average molecular weight is 296 g/mol. The van der Waals surface area contributed by atoms with Crippen LogP contribution in [0.4, 0.5) is 0 Å². The Morgan fingerprint density at radius 2 is 1.46 bits per heavy atom. The Kier molecular flexibility index (Phi) is 43.5. The third-order valence-corrected chi connectivity index (χ3v) is 4.25. The van der Waals surface area contributed by atoms with Gasteiger partial charge in [0.1, 0.15) is 0 Å². The molecule has 0 saturated heterocycles. The predicted octanol–water partition coefficient (Wildman–Crippen LogP) is -0.371. The summed E-state index contributed by atoms with van der Waals surface area (Å²) < 4.78 is 2.96. The summed E-state index contributed by atoms with van der Waals surface area (Å²) in [6, 6.07) is 0. The fraction of sp³-hybridized carbons (Fsp3) is 1.00. The maximum absolute atomic E-state index is 8.93. The molecule has 0 rings (SSSR count). The molecule has 3 nitrogen and oxygen atoms in total. The Hall–Kier alpha value is 0.679. The van der Waals surface area contributed by atoms with Crippen molar-refractivity contribution in [3.8, 4) is 0 Å². The van der Waals surface area contributed by atoms with E-state index in [1.165, 1.54) is 15.3 Å². The van der Waals surface area contributed by atoms with Crippen molar-refractivity contribution in [2.75, 3.05) is 19.8 Å². The molecule has 0 unspecified atom stereocenters. The monoisotopic (exact) mass is 297 g/mol. The van der Waals surface area contributed by atoms with Crippen molar-refractivity contribution >= 4 is 21.1 Å². The van der Waals surface area contributed by atoms with Crippen LogP contribution in [0.5, 0.6) is 0 Å². The van der Waals surface area contributed by atoms with E-state index in [1.54, 1.807) is 13.8 Å². The summed E-state index contributed by atoms with van der Waals surface area (Å²) >= 11 is 0.104. The van der Waals surface area contributed by atoms with Crippen molar-refractivity contribution in [1.82, 2.24) is 0 Å². The van der Waals surface area contributed by atoms with Crippen molar-refractivity contribution in [3.63, 3.8) is 0 Å². The molecule has 0 heterocycles. The molecule has 2 N–H and O–H groups in total. The molecule has 0 aliphatic rings. The average Bonchev–Trinajstić information content (AvgIpc) is 2.08. The molecule has 0 aromatic carbocycles. The normalized spacial score (nSPS) is 7.23. The standard InChI is InChI=1S/C3H8N.2C2H5O.C2H5.Sn/c1-2-3-4;2*1-2-3;1-2;/h1-4H2;2*2H2,1H3;1H2,2H3;/q;2*-1;;+2. The van der Waals surface area contributed by atoms with Crippen LogP contribution in [0, 0.1) is 0 Å². The van der Waals surface area contributed by atoms with Gasteiger partial charge in [0, 0.05) is 0 Å². The van der Waals surface area contributed by atoms with Gasteiger partial charge in [-0.1, -0.05) is 13.8 Å². The fourth-order valence-electron chi connectivity index (χ4n) is 0.404. The molecule has 13 heavy (non-hydrogen) atoms. The van der Waals surface area contributed by atoms with E-state index in [0.29, 0.717) is 0 Å². The molecule has 0 aliphatic heterocycles. The van der Waals surface area contributed by atoms with Crippen molar-refractivity contribution < 1.29 is 10.2 Å². The van der Waals surface area contributed by atoms with Gasteiger partial charge in [0.2, 0.25) is 0 Å². The molecule has 0 bridgehead atoms. The van der Waals surface area contributed by atoms with Crippen LogP contribution in [0.3, 0.4) is 0 Å². The first-order valence-electron chi connectivity index (χ1n) is 4.81. The number of hydrogen-bond donors (Lipinski definition) is 1. The van der Waals surface area contributed by atoms with Crippen LogP contribution >= 0.6 is 0 Å². The van der Waals surface area contributed by atoms with Crippen LogP contribution in [-0.2, 0) is 0 Å². The van der Waals surface area contributed by atoms with Gasteiger partial charge in [-0.2, -0.15) is 0 Å². The van der Waals surface area contributed by atoms with Crippen molar-refractivity contribution in [2.24, 2.45) is 5.73 Å². The molecule has 0 saturated carbocycles. The Balaban J connectivity index is -0.000000140. The first-order valence-corrected chi connectivity index (χ1v) is 8.85. The maximum atomic E-state index is 8.93. The van der Waals surface area contributed by atoms with Crippen LogP contribution < -0.4 is 15.9 Å². The zero-order chi connectivity index (χ0) is 10.9. The van der Waals surface area contributed by atoms with Crippen LogP contribution in [0.15, 0.2) is 0 Å². The van der Waals surface area contributed by atoms with Gasteiger partial charge in [0.25, 0.3) is 0 Å². The van der Waals surface area contributed by atoms with E-state index in [2.05, 4.69) is 6.92 Å². The van der Waals surface area contributed by atoms with Gasteiger partial charge >= 0.3 is 55.6 Å². The zero-order valence-corrected chi connectivity index (χ0v) is 12.0. The summed E-state index contributed by atoms with van der Waals surface area (Å²) in [7, 11) is 0. The van der Waals surface area contributed by atoms with Crippen LogP contribution in [0.2, 0.25) is 8.87 Å². The van der Waals surface area contributed by atoms with E-state index < -0.39 is 0 Å². The quantitative estimate of drug-likeness (QED) is 0.568. The van der Waals surface area contributed by atoms with E-state index >= 15 is 0 Å². The van der Waals surface area contributed by atoms with Crippen LogP contribution in [0.1, 0.15) is 27.2 Å². The minimum absolute atomic E-state index is 0. The number of rotatable bonds is 4. The Morgan fingerprint density at radius 1 is 1.08 bits per heavy atom. The van der Waals surface area contributed by atoms with Gasteiger partial charge < -0.3 is 10.2 Å². The second-order valence-electron chi connectivity index (χ2n) is 2.07. The Labute approximate surface area is 92.9 Å². The van der Waals surface area contributed by atoms with Gasteiger partial charge in [-0.15, -0.1) is 13.2 Å². The molecule has 0 atom stereocenters. The summed E-state index contributed by atoms with van der Waals surface area (Å²) in [4.78, 5) is 0. The minimum atomic E-state index is 0. The molecule has 80 valence electrons. The topological polar surface area (TPSA) is 72.1 Å². The van der Waals surface area contributed by atoms with Gasteiger partial charge in [0.05, 0.1) is 0 Å². The summed E-state index contributed by atoms with van der Waals surface area (Å²) in [6.45, 7) is 6.32. The van der Waals surface area contributed by atoms with E-state index in [0.717, 1.165) is 6.54 Å². The third kappa shape index (κ3) is 66.0. The Morgan fingerprint density at radius 3 is 1.69 bits per heavy atom. The van der Waals surface area contributed by atoms with E-state index in [9.17, 15) is 0 Å². The molecule has 0 fully saturated rings. The SMILES string of the molecule is CC[O-].CC[O-].C[CH2][Sn+2][CH2]CCN. The summed E-state index contributed by atoms with van der Waals surface area (Å²) in [5.41, 5.74) is 5.30. The van der Waals surface area contributed by atoms with E-state index in [1.807, 2.05) is 0 Å². The molecule has 0 spiro atoms. The van der Waals surface area contributed by atoms with E-state index in [-0.39, 0.29) is 34.4 Å². The molecular formula is C9H23NO2Sn. The van der Waals surface area contributed by atoms with Crippen molar-refractivity contribution in [2.45, 2.75) is 36.1 Å².